The van der Waals surface area contributed by atoms with Crippen molar-refractivity contribution >= 4 is 56.8 Å². The zero-order chi connectivity index (χ0) is 19.1. The highest BCUT2D eigenvalue weighted by molar-refractivity contribution is 9.10. The van der Waals surface area contributed by atoms with E-state index in [0.717, 1.165) is 4.47 Å². The maximum Gasteiger partial charge on any atom is 0.266 e. The topological polar surface area (TPSA) is 62.1 Å². The minimum absolute atomic E-state index is 0.0215. The minimum atomic E-state index is -0.547. The number of nitrogens with one attached hydrogen (secondary N) is 1. The lowest BCUT2D eigenvalue weighted by molar-refractivity contribution is -0.112. The summed E-state index contributed by atoms with van der Waals surface area (Å²) in [5, 5.41) is 12.4. The summed E-state index contributed by atoms with van der Waals surface area (Å²) in [6.07, 6.45) is 6.53. The molecule has 0 aliphatic rings. The number of benzene rings is 2. The highest BCUT2D eigenvalue weighted by Crippen LogP contribution is 2.34. The van der Waals surface area contributed by atoms with Gasteiger partial charge in [0.25, 0.3) is 5.91 Å². The van der Waals surface area contributed by atoms with Gasteiger partial charge in [0, 0.05) is 10.2 Å². The molecule has 0 bridgehead atoms. The fourth-order valence-corrected chi connectivity index (χ4v) is 2.84. The van der Waals surface area contributed by atoms with Crippen LogP contribution in [0.4, 0.5) is 5.69 Å². The van der Waals surface area contributed by atoms with Crippen molar-refractivity contribution in [1.29, 1.82) is 5.26 Å². The summed E-state index contributed by atoms with van der Waals surface area (Å²) in [6, 6.07) is 11.9. The van der Waals surface area contributed by atoms with Crippen molar-refractivity contribution in [2.75, 3.05) is 11.9 Å². The van der Waals surface area contributed by atoms with Crippen molar-refractivity contribution in [3.63, 3.8) is 0 Å². The molecule has 7 heteroatoms. The van der Waals surface area contributed by atoms with Crippen molar-refractivity contribution in [2.45, 2.75) is 0 Å². The molecule has 0 heterocycles. The van der Waals surface area contributed by atoms with Gasteiger partial charge in [-0.2, -0.15) is 5.26 Å². The van der Waals surface area contributed by atoms with Gasteiger partial charge in [-0.25, -0.2) is 0 Å². The third-order valence-electron chi connectivity index (χ3n) is 3.10. The number of nitriles is 1. The number of carbonyl (C=O) groups excluding carboxylic acids is 1. The Morgan fingerprint density at radius 1 is 1.27 bits per heavy atom. The van der Waals surface area contributed by atoms with E-state index in [0.29, 0.717) is 11.3 Å². The van der Waals surface area contributed by atoms with E-state index in [1.807, 2.05) is 6.07 Å². The van der Waals surface area contributed by atoms with Gasteiger partial charge in [0.15, 0.2) is 5.75 Å². The molecule has 0 atom stereocenters. The Balaban J connectivity index is 2.25. The molecule has 2 aromatic carbocycles. The first-order valence-electron chi connectivity index (χ1n) is 7.18. The molecule has 130 valence electrons. The summed E-state index contributed by atoms with van der Waals surface area (Å²) in [5.74, 6) is 2.02. The number of halogens is 3. The molecule has 1 amide bonds. The van der Waals surface area contributed by atoms with Crippen molar-refractivity contribution in [3.05, 3.63) is 62.1 Å². The van der Waals surface area contributed by atoms with Gasteiger partial charge in [-0.1, -0.05) is 45.1 Å². The van der Waals surface area contributed by atoms with E-state index in [1.165, 1.54) is 18.2 Å². The van der Waals surface area contributed by atoms with Crippen LogP contribution in [0.2, 0.25) is 10.0 Å². The number of hydrogen-bond donors (Lipinski definition) is 1. The lowest BCUT2D eigenvalue weighted by atomic mass is 10.1. The summed E-state index contributed by atoms with van der Waals surface area (Å²) in [6.45, 7) is 0.0215. The van der Waals surface area contributed by atoms with Gasteiger partial charge >= 0.3 is 0 Å². The second kappa shape index (κ2) is 9.31. The van der Waals surface area contributed by atoms with Crippen LogP contribution in [0.5, 0.6) is 5.75 Å². The summed E-state index contributed by atoms with van der Waals surface area (Å²) >= 11 is 15.6. The second-order valence-electron chi connectivity index (χ2n) is 4.94. The average molecular weight is 450 g/mol. The van der Waals surface area contributed by atoms with Crippen LogP contribution >= 0.6 is 39.1 Å². The molecule has 0 saturated carbocycles. The Labute approximate surface area is 169 Å². The van der Waals surface area contributed by atoms with Crippen LogP contribution in [-0.4, -0.2) is 12.5 Å². The fraction of sp³-hybridized carbons (Fsp3) is 0.0526. The number of rotatable bonds is 5. The molecule has 0 spiro atoms. The van der Waals surface area contributed by atoms with Crippen LogP contribution in [0.15, 0.2) is 46.4 Å². The predicted molar refractivity (Wildman–Crippen MR) is 107 cm³/mol. The first kappa shape index (κ1) is 19.9. The zero-order valence-electron chi connectivity index (χ0n) is 13.2. The van der Waals surface area contributed by atoms with Crippen LogP contribution in [-0.2, 0) is 4.79 Å². The molecular weight excluding hydrogens is 439 g/mol. The third kappa shape index (κ3) is 5.28. The molecule has 0 radical (unpaired) electrons. The second-order valence-corrected chi connectivity index (χ2v) is 6.67. The van der Waals surface area contributed by atoms with Gasteiger partial charge in [-0.3, -0.25) is 4.79 Å². The maximum atomic E-state index is 12.3. The average Bonchev–Trinajstić information content (AvgIpc) is 2.61. The molecule has 0 aromatic heterocycles. The van der Waals surface area contributed by atoms with Crippen LogP contribution in [0.3, 0.4) is 0 Å². The normalized spacial score (nSPS) is 10.6. The summed E-state index contributed by atoms with van der Waals surface area (Å²) < 4.78 is 6.15. The van der Waals surface area contributed by atoms with Crippen molar-refractivity contribution in [2.24, 2.45) is 0 Å². The molecule has 1 N–H and O–H groups in total. The molecule has 0 unspecified atom stereocenters. The van der Waals surface area contributed by atoms with E-state index in [4.69, 9.17) is 34.4 Å². The molecule has 26 heavy (non-hydrogen) atoms. The van der Waals surface area contributed by atoms with Crippen LogP contribution < -0.4 is 10.1 Å². The quantitative estimate of drug-likeness (QED) is 0.382. The highest BCUT2D eigenvalue weighted by atomic mass is 79.9. The molecule has 2 rings (SSSR count). The van der Waals surface area contributed by atoms with Gasteiger partial charge < -0.3 is 10.1 Å². The van der Waals surface area contributed by atoms with Gasteiger partial charge in [0.2, 0.25) is 0 Å². The van der Waals surface area contributed by atoms with E-state index in [2.05, 4.69) is 27.2 Å². The van der Waals surface area contributed by atoms with E-state index < -0.39 is 5.91 Å². The zero-order valence-corrected chi connectivity index (χ0v) is 16.3. The number of anilines is 1. The Bertz CT molecular complexity index is 918. The highest BCUT2D eigenvalue weighted by Gasteiger charge is 2.13. The number of carbonyl (C=O) groups is 1. The number of amides is 1. The number of ether oxygens (including phenoxy) is 1. The lowest BCUT2D eigenvalue weighted by Crippen LogP contribution is -2.13. The summed E-state index contributed by atoms with van der Waals surface area (Å²) in [7, 11) is 0. The largest absolute Gasteiger partial charge is 0.478 e. The molecular formula is C19H11BrCl2N2O2. The van der Waals surface area contributed by atoms with Crippen LogP contribution in [0.1, 0.15) is 5.56 Å². The van der Waals surface area contributed by atoms with Crippen LogP contribution in [0.25, 0.3) is 6.08 Å². The third-order valence-corrected chi connectivity index (χ3v) is 4.19. The van der Waals surface area contributed by atoms with Crippen molar-refractivity contribution in [1.82, 2.24) is 0 Å². The smallest absolute Gasteiger partial charge is 0.266 e. The van der Waals surface area contributed by atoms with Gasteiger partial charge in [0.1, 0.15) is 18.2 Å². The first-order valence-corrected chi connectivity index (χ1v) is 8.73. The van der Waals surface area contributed by atoms with Gasteiger partial charge in [0.05, 0.1) is 10.0 Å². The minimum Gasteiger partial charge on any atom is -0.478 e. The Morgan fingerprint density at radius 2 is 1.88 bits per heavy atom. The standard InChI is InChI=1S/C19H11BrCl2N2O2/c1-2-7-26-18-16(21)9-12(10-17(18)22)8-13(11-23)19(25)24-15-5-3-14(20)4-6-15/h1,3-6,8-10H,7H2,(H,24,25)/b13-8-. The molecule has 0 aliphatic heterocycles. The molecule has 2 aromatic rings. The van der Waals surface area contributed by atoms with Gasteiger partial charge in [-0.15, -0.1) is 6.42 Å². The Kier molecular flexibility index (Phi) is 7.12. The van der Waals surface area contributed by atoms with Crippen molar-refractivity contribution < 1.29 is 9.53 Å². The number of hydrogen-bond acceptors (Lipinski definition) is 3. The summed E-state index contributed by atoms with van der Waals surface area (Å²) in [4.78, 5) is 12.3. The molecule has 0 saturated heterocycles. The monoisotopic (exact) mass is 448 g/mol. The Morgan fingerprint density at radius 3 is 2.42 bits per heavy atom. The van der Waals surface area contributed by atoms with E-state index >= 15 is 0 Å². The van der Waals surface area contributed by atoms with E-state index in [-0.39, 0.29) is 28.0 Å². The molecule has 0 aliphatic carbocycles. The molecule has 0 fully saturated rings. The first-order chi connectivity index (χ1) is 12.4. The van der Waals surface area contributed by atoms with E-state index in [9.17, 15) is 10.1 Å². The summed E-state index contributed by atoms with van der Waals surface area (Å²) in [5.41, 5.74) is 0.946. The predicted octanol–water partition coefficient (Wildman–Crippen LogP) is 5.31. The van der Waals surface area contributed by atoms with Gasteiger partial charge in [-0.05, 0) is 48.0 Å². The van der Waals surface area contributed by atoms with Crippen molar-refractivity contribution in [3.8, 4) is 24.2 Å². The Hall–Kier alpha value is -2.44. The molecule has 4 nitrogen and oxygen atoms in total. The number of terminal acetylenes is 1. The SMILES string of the molecule is C#CCOc1c(Cl)cc(/C=C(/C#N)C(=O)Nc2ccc(Br)cc2)cc1Cl. The van der Waals surface area contributed by atoms with Crippen LogP contribution in [0, 0.1) is 23.7 Å². The number of nitrogens with zero attached hydrogens (tertiary/aromatic N) is 1. The lowest BCUT2D eigenvalue weighted by Gasteiger charge is -2.09. The maximum absolute atomic E-state index is 12.3. The fourth-order valence-electron chi connectivity index (χ4n) is 1.96. The van der Waals surface area contributed by atoms with E-state index in [1.54, 1.807) is 24.3 Å².